The number of rotatable bonds is 7. The number of likely N-dealkylation sites (tertiary alicyclic amines) is 1. The normalized spacial score (nSPS) is 18.6. The number of hydrogen-bond acceptors (Lipinski definition) is 5. The average Bonchev–Trinajstić information content (AvgIpc) is 3.00. The van der Waals surface area contributed by atoms with Crippen molar-refractivity contribution in [3.8, 4) is 0 Å². The van der Waals surface area contributed by atoms with Crippen molar-refractivity contribution in [2.45, 2.75) is 25.6 Å². The molecule has 1 aromatic rings. The van der Waals surface area contributed by atoms with Gasteiger partial charge in [0, 0.05) is 24.4 Å². The molecular weight excluding hydrogens is 288 g/mol. The molecule has 5 nitrogen and oxygen atoms in total. The van der Waals surface area contributed by atoms with Crippen LogP contribution in [0.25, 0.3) is 0 Å². The summed E-state index contributed by atoms with van der Waals surface area (Å²) in [5.74, 6) is 0.257. The number of carbonyl (C=O) groups is 1. The molecule has 0 aliphatic carbocycles. The molecule has 0 saturated carbocycles. The second-order valence-electron chi connectivity index (χ2n) is 5.44. The minimum atomic E-state index is -0.471. The number of aliphatic hydroxyl groups excluding tert-OH is 1. The second-order valence-corrected chi connectivity index (χ2v) is 6.47. The van der Waals surface area contributed by atoms with E-state index in [0.717, 1.165) is 25.9 Å². The quantitative estimate of drug-likeness (QED) is 0.791. The van der Waals surface area contributed by atoms with E-state index in [0.29, 0.717) is 19.8 Å². The summed E-state index contributed by atoms with van der Waals surface area (Å²) in [5, 5.41) is 14.7. The zero-order chi connectivity index (χ0) is 15.1. The highest BCUT2D eigenvalue weighted by Crippen LogP contribution is 2.17. The summed E-state index contributed by atoms with van der Waals surface area (Å²) in [7, 11) is 1.68. The first-order valence-electron chi connectivity index (χ1n) is 7.41. The highest BCUT2D eigenvalue weighted by molar-refractivity contribution is 7.09. The summed E-state index contributed by atoms with van der Waals surface area (Å²) < 4.78 is 5.53. The van der Waals surface area contributed by atoms with Crippen molar-refractivity contribution < 1.29 is 14.6 Å². The molecule has 118 valence electrons. The largest absolute Gasteiger partial charge is 0.389 e. The fourth-order valence-electron chi connectivity index (χ4n) is 2.62. The number of nitrogens with one attached hydrogen (secondary N) is 1. The Balaban J connectivity index is 1.60. The lowest BCUT2D eigenvalue weighted by molar-refractivity contribution is -0.126. The Morgan fingerprint density at radius 3 is 2.95 bits per heavy atom. The Bertz CT molecular complexity index is 417. The van der Waals surface area contributed by atoms with E-state index in [4.69, 9.17) is 4.74 Å². The molecule has 1 atom stereocenters. The number of aliphatic hydroxyl groups is 1. The fraction of sp³-hybridized carbons (Fsp3) is 0.667. The van der Waals surface area contributed by atoms with Crippen LogP contribution >= 0.6 is 11.3 Å². The maximum Gasteiger partial charge on any atom is 0.222 e. The summed E-state index contributed by atoms with van der Waals surface area (Å²) in [6, 6.07) is 4.02. The van der Waals surface area contributed by atoms with E-state index in [1.165, 1.54) is 4.88 Å². The van der Waals surface area contributed by atoms with Crippen molar-refractivity contribution in [3.05, 3.63) is 22.4 Å². The van der Waals surface area contributed by atoms with Gasteiger partial charge in [-0.1, -0.05) is 6.07 Å². The van der Waals surface area contributed by atoms with Crippen LogP contribution in [-0.4, -0.2) is 55.3 Å². The standard InChI is InChI=1S/C15H24N2O3S/c1-16-15(19)12-4-6-17(7-5-12)9-13(18)10-20-11-14-3-2-8-21-14/h2-3,8,12-13,18H,4-7,9-11H2,1H3,(H,16,19). The lowest BCUT2D eigenvalue weighted by atomic mass is 9.96. The van der Waals surface area contributed by atoms with Crippen molar-refractivity contribution in [2.75, 3.05) is 33.3 Å². The zero-order valence-electron chi connectivity index (χ0n) is 12.5. The SMILES string of the molecule is CNC(=O)C1CCN(CC(O)COCc2cccs2)CC1. The minimum Gasteiger partial charge on any atom is -0.389 e. The smallest absolute Gasteiger partial charge is 0.222 e. The van der Waals surface area contributed by atoms with Crippen molar-refractivity contribution in [3.63, 3.8) is 0 Å². The second kappa shape index (κ2) is 8.48. The van der Waals surface area contributed by atoms with E-state index in [1.807, 2.05) is 17.5 Å². The van der Waals surface area contributed by atoms with Gasteiger partial charge in [-0.25, -0.2) is 0 Å². The first-order chi connectivity index (χ1) is 10.2. The molecule has 2 heterocycles. The van der Waals surface area contributed by atoms with Gasteiger partial charge in [0.1, 0.15) is 0 Å². The van der Waals surface area contributed by atoms with Gasteiger partial charge in [0.05, 0.1) is 19.3 Å². The lowest BCUT2D eigenvalue weighted by Crippen LogP contribution is -2.43. The highest BCUT2D eigenvalue weighted by atomic mass is 32.1. The Morgan fingerprint density at radius 2 is 2.33 bits per heavy atom. The van der Waals surface area contributed by atoms with Crippen LogP contribution in [0.4, 0.5) is 0 Å². The van der Waals surface area contributed by atoms with E-state index in [2.05, 4.69) is 10.2 Å². The van der Waals surface area contributed by atoms with E-state index < -0.39 is 6.10 Å². The topological polar surface area (TPSA) is 61.8 Å². The Labute approximate surface area is 129 Å². The first kappa shape index (κ1) is 16.4. The third kappa shape index (κ3) is 5.39. The number of amides is 1. The maximum absolute atomic E-state index is 11.6. The van der Waals surface area contributed by atoms with E-state index in [1.54, 1.807) is 18.4 Å². The molecule has 1 aliphatic heterocycles. The summed E-state index contributed by atoms with van der Waals surface area (Å²) in [6.45, 7) is 3.26. The number of nitrogens with zero attached hydrogens (tertiary/aromatic N) is 1. The monoisotopic (exact) mass is 312 g/mol. The average molecular weight is 312 g/mol. The minimum absolute atomic E-state index is 0.124. The van der Waals surface area contributed by atoms with Gasteiger partial charge in [-0.15, -0.1) is 11.3 Å². The van der Waals surface area contributed by atoms with Crippen LogP contribution in [0.1, 0.15) is 17.7 Å². The maximum atomic E-state index is 11.6. The molecule has 1 fully saturated rings. The van der Waals surface area contributed by atoms with Gasteiger partial charge in [-0.2, -0.15) is 0 Å². The first-order valence-corrected chi connectivity index (χ1v) is 8.29. The Kier molecular flexibility index (Phi) is 6.63. The molecule has 0 aromatic carbocycles. The predicted molar refractivity (Wildman–Crippen MR) is 83.2 cm³/mol. The summed E-state index contributed by atoms with van der Waals surface area (Å²) >= 11 is 1.66. The third-order valence-electron chi connectivity index (χ3n) is 3.81. The molecular formula is C15H24N2O3S. The molecule has 21 heavy (non-hydrogen) atoms. The molecule has 1 saturated heterocycles. The van der Waals surface area contributed by atoms with E-state index in [-0.39, 0.29) is 11.8 Å². The molecule has 1 amide bonds. The summed E-state index contributed by atoms with van der Waals surface area (Å²) in [6.07, 6.45) is 1.26. The molecule has 1 unspecified atom stereocenters. The molecule has 1 aliphatic rings. The van der Waals surface area contributed by atoms with Gasteiger partial charge in [0.25, 0.3) is 0 Å². The molecule has 2 rings (SSSR count). The molecule has 0 bridgehead atoms. The van der Waals surface area contributed by atoms with Gasteiger partial charge in [-0.05, 0) is 37.4 Å². The number of piperidine rings is 1. The summed E-state index contributed by atoms with van der Waals surface area (Å²) in [4.78, 5) is 14.9. The van der Waals surface area contributed by atoms with Crippen molar-refractivity contribution in [1.29, 1.82) is 0 Å². The molecule has 0 radical (unpaired) electrons. The molecule has 2 N–H and O–H groups in total. The van der Waals surface area contributed by atoms with Gasteiger partial charge in [-0.3, -0.25) is 4.79 Å². The van der Waals surface area contributed by atoms with Gasteiger partial charge in [0.15, 0.2) is 0 Å². The Morgan fingerprint density at radius 1 is 1.57 bits per heavy atom. The van der Waals surface area contributed by atoms with Crippen LogP contribution in [0.5, 0.6) is 0 Å². The van der Waals surface area contributed by atoms with Crippen molar-refractivity contribution >= 4 is 17.2 Å². The van der Waals surface area contributed by atoms with Gasteiger partial charge < -0.3 is 20.1 Å². The number of hydrogen-bond donors (Lipinski definition) is 2. The van der Waals surface area contributed by atoms with Crippen LogP contribution in [0.2, 0.25) is 0 Å². The number of β-amino-alcohol motifs (C(OH)–C–C–N with tert-alkyl or cyclic N) is 1. The summed E-state index contributed by atoms with van der Waals surface area (Å²) in [5.41, 5.74) is 0. The van der Waals surface area contributed by atoms with Crippen LogP contribution in [0.15, 0.2) is 17.5 Å². The lowest BCUT2D eigenvalue weighted by Gasteiger charge is -2.32. The zero-order valence-corrected chi connectivity index (χ0v) is 13.3. The van der Waals surface area contributed by atoms with Crippen molar-refractivity contribution in [1.82, 2.24) is 10.2 Å². The van der Waals surface area contributed by atoms with Crippen LogP contribution in [0, 0.1) is 5.92 Å². The fourth-order valence-corrected chi connectivity index (χ4v) is 3.26. The predicted octanol–water partition coefficient (Wildman–Crippen LogP) is 1.08. The van der Waals surface area contributed by atoms with Gasteiger partial charge >= 0.3 is 0 Å². The van der Waals surface area contributed by atoms with Gasteiger partial charge in [0.2, 0.25) is 5.91 Å². The number of carbonyl (C=O) groups excluding carboxylic acids is 1. The van der Waals surface area contributed by atoms with Crippen LogP contribution in [-0.2, 0) is 16.1 Å². The number of thiophene rings is 1. The van der Waals surface area contributed by atoms with Crippen LogP contribution in [0.3, 0.4) is 0 Å². The molecule has 1 aromatic heterocycles. The number of ether oxygens (including phenoxy) is 1. The molecule has 0 spiro atoms. The van der Waals surface area contributed by atoms with E-state index >= 15 is 0 Å². The highest BCUT2D eigenvalue weighted by Gasteiger charge is 2.25. The van der Waals surface area contributed by atoms with Crippen molar-refractivity contribution in [2.24, 2.45) is 5.92 Å². The van der Waals surface area contributed by atoms with Crippen LogP contribution < -0.4 is 5.32 Å². The Hall–Kier alpha value is -0.950. The molecule has 6 heteroatoms. The van der Waals surface area contributed by atoms with E-state index in [9.17, 15) is 9.90 Å². The third-order valence-corrected chi connectivity index (χ3v) is 4.66.